The Morgan fingerprint density at radius 2 is 2.10 bits per heavy atom. The molecule has 6 heteroatoms. The normalized spacial score (nSPS) is 16.6. The van der Waals surface area contributed by atoms with E-state index in [0.717, 1.165) is 13.1 Å². The van der Waals surface area contributed by atoms with Crippen molar-refractivity contribution in [3.8, 4) is 0 Å². The van der Waals surface area contributed by atoms with Gasteiger partial charge in [0, 0.05) is 30.6 Å². The number of rotatable bonds is 3. The van der Waals surface area contributed by atoms with Crippen LogP contribution in [-0.2, 0) is 11.3 Å². The molecule has 2 heterocycles. The summed E-state index contributed by atoms with van der Waals surface area (Å²) in [6.45, 7) is 3.10. The van der Waals surface area contributed by atoms with Gasteiger partial charge in [-0.1, -0.05) is 0 Å². The molecule has 1 saturated heterocycles. The van der Waals surface area contributed by atoms with E-state index in [2.05, 4.69) is 4.90 Å². The van der Waals surface area contributed by atoms with Crippen LogP contribution in [-0.4, -0.2) is 42.3 Å². The van der Waals surface area contributed by atoms with E-state index in [9.17, 15) is 14.3 Å². The lowest BCUT2D eigenvalue weighted by molar-refractivity contribution is 0.0339. The van der Waals surface area contributed by atoms with Gasteiger partial charge in [-0.2, -0.15) is 0 Å². The third kappa shape index (κ3) is 2.39. The van der Waals surface area contributed by atoms with Crippen LogP contribution < -0.4 is 0 Å². The molecule has 1 aromatic heterocycles. The zero-order valence-electron chi connectivity index (χ0n) is 10.8. The summed E-state index contributed by atoms with van der Waals surface area (Å²) < 4.78 is 24.0. The molecule has 20 heavy (non-hydrogen) atoms. The summed E-state index contributed by atoms with van der Waals surface area (Å²) >= 11 is 0. The first-order chi connectivity index (χ1) is 9.65. The van der Waals surface area contributed by atoms with E-state index in [1.807, 2.05) is 0 Å². The van der Waals surface area contributed by atoms with Crippen molar-refractivity contribution in [3.63, 3.8) is 0 Å². The molecule has 1 aliphatic heterocycles. The van der Waals surface area contributed by atoms with Crippen molar-refractivity contribution in [2.75, 3.05) is 26.3 Å². The number of halogens is 1. The van der Waals surface area contributed by atoms with Crippen LogP contribution in [0, 0.1) is 5.82 Å². The van der Waals surface area contributed by atoms with Crippen molar-refractivity contribution in [3.05, 3.63) is 35.3 Å². The Morgan fingerprint density at radius 1 is 1.35 bits per heavy atom. The number of fused-ring (bicyclic) bond motifs is 1. The van der Waals surface area contributed by atoms with Crippen LogP contribution >= 0.6 is 0 Å². The molecule has 0 unspecified atom stereocenters. The molecule has 1 fully saturated rings. The highest BCUT2D eigenvalue weighted by molar-refractivity contribution is 5.95. The van der Waals surface area contributed by atoms with Gasteiger partial charge in [0.15, 0.2) is 0 Å². The lowest BCUT2D eigenvalue weighted by Crippen LogP contribution is -2.35. The molecule has 0 spiro atoms. The van der Waals surface area contributed by atoms with Gasteiger partial charge in [0.05, 0.1) is 13.2 Å². The Balaban J connectivity index is 2.03. The lowest BCUT2D eigenvalue weighted by Gasteiger charge is -2.26. The van der Waals surface area contributed by atoms with Crippen LogP contribution in [0.1, 0.15) is 16.1 Å². The number of carboxylic acid groups (broad SMARTS) is 1. The van der Waals surface area contributed by atoms with Crippen LogP contribution in [0.4, 0.5) is 4.39 Å². The molecule has 0 amide bonds. The molecule has 5 nitrogen and oxygen atoms in total. The maximum absolute atomic E-state index is 13.4. The van der Waals surface area contributed by atoms with Gasteiger partial charge >= 0.3 is 5.97 Å². The Hall–Kier alpha value is -1.92. The second-order valence-electron chi connectivity index (χ2n) is 4.74. The second-order valence-corrected chi connectivity index (χ2v) is 4.74. The number of benzene rings is 1. The SMILES string of the molecule is O=C(O)c1oc2ccc(F)cc2c1CN1CCOCC1. The number of furan rings is 1. The van der Waals surface area contributed by atoms with Crippen molar-refractivity contribution in [2.45, 2.75) is 6.54 Å². The Morgan fingerprint density at radius 3 is 2.80 bits per heavy atom. The Kier molecular flexibility index (Phi) is 3.42. The Bertz CT molecular complexity index is 646. The molecule has 0 atom stereocenters. The van der Waals surface area contributed by atoms with Crippen LogP contribution in [0.25, 0.3) is 11.0 Å². The van der Waals surface area contributed by atoms with Gasteiger partial charge in [0.2, 0.25) is 5.76 Å². The summed E-state index contributed by atoms with van der Waals surface area (Å²) in [5, 5.41) is 9.76. The molecule has 1 aliphatic rings. The lowest BCUT2D eigenvalue weighted by atomic mass is 10.1. The van der Waals surface area contributed by atoms with Gasteiger partial charge in [0.1, 0.15) is 11.4 Å². The van der Waals surface area contributed by atoms with Crippen molar-refractivity contribution in [1.29, 1.82) is 0 Å². The van der Waals surface area contributed by atoms with Gasteiger partial charge in [-0.15, -0.1) is 0 Å². The van der Waals surface area contributed by atoms with Crippen molar-refractivity contribution >= 4 is 16.9 Å². The van der Waals surface area contributed by atoms with Gasteiger partial charge in [-0.25, -0.2) is 9.18 Å². The minimum absolute atomic E-state index is 0.114. The molecule has 106 valence electrons. The predicted molar refractivity (Wildman–Crippen MR) is 69.2 cm³/mol. The number of morpholine rings is 1. The summed E-state index contributed by atoms with van der Waals surface area (Å²) in [4.78, 5) is 13.4. The van der Waals surface area contributed by atoms with E-state index < -0.39 is 11.8 Å². The van der Waals surface area contributed by atoms with Crippen LogP contribution in [0.5, 0.6) is 0 Å². The van der Waals surface area contributed by atoms with Crippen LogP contribution in [0.15, 0.2) is 22.6 Å². The van der Waals surface area contributed by atoms with Crippen molar-refractivity contribution < 1.29 is 23.4 Å². The predicted octanol–water partition coefficient (Wildman–Crippen LogP) is 2.10. The largest absolute Gasteiger partial charge is 0.475 e. The number of carboxylic acids is 1. The fraction of sp³-hybridized carbons (Fsp3) is 0.357. The molecular formula is C14H14FNO4. The first-order valence-corrected chi connectivity index (χ1v) is 6.39. The average molecular weight is 279 g/mol. The summed E-state index contributed by atoms with van der Waals surface area (Å²) in [6, 6.07) is 4.04. The van der Waals surface area contributed by atoms with Crippen molar-refractivity contribution in [2.24, 2.45) is 0 Å². The summed E-state index contributed by atoms with van der Waals surface area (Å²) in [6.07, 6.45) is 0. The summed E-state index contributed by atoms with van der Waals surface area (Å²) in [5.74, 6) is -1.65. The van der Waals surface area contributed by atoms with E-state index >= 15 is 0 Å². The number of carbonyl (C=O) groups is 1. The molecular weight excluding hydrogens is 265 g/mol. The maximum atomic E-state index is 13.4. The summed E-state index contributed by atoms with van der Waals surface area (Å²) in [7, 11) is 0. The van der Waals surface area contributed by atoms with Gasteiger partial charge < -0.3 is 14.3 Å². The van der Waals surface area contributed by atoms with E-state index in [0.29, 0.717) is 36.3 Å². The third-order valence-electron chi connectivity index (χ3n) is 3.43. The van der Waals surface area contributed by atoms with Gasteiger partial charge in [-0.05, 0) is 18.2 Å². The van der Waals surface area contributed by atoms with Gasteiger partial charge in [-0.3, -0.25) is 4.90 Å². The smallest absolute Gasteiger partial charge is 0.372 e. The standard InChI is InChI=1S/C14H14FNO4/c15-9-1-2-12-10(7-9)11(13(20-12)14(17)18)8-16-3-5-19-6-4-16/h1-2,7H,3-6,8H2,(H,17,18). The molecule has 0 saturated carbocycles. The number of ether oxygens (including phenoxy) is 1. The highest BCUT2D eigenvalue weighted by atomic mass is 19.1. The second kappa shape index (κ2) is 5.22. The minimum atomic E-state index is -1.13. The fourth-order valence-electron chi connectivity index (χ4n) is 2.43. The maximum Gasteiger partial charge on any atom is 0.372 e. The number of aromatic carboxylic acids is 1. The highest BCUT2D eigenvalue weighted by Crippen LogP contribution is 2.28. The Labute approximate surface area is 114 Å². The van der Waals surface area contributed by atoms with Gasteiger partial charge in [0.25, 0.3) is 0 Å². The van der Waals surface area contributed by atoms with E-state index in [4.69, 9.17) is 9.15 Å². The molecule has 0 aliphatic carbocycles. The molecule has 0 radical (unpaired) electrons. The first-order valence-electron chi connectivity index (χ1n) is 6.39. The average Bonchev–Trinajstić information content (AvgIpc) is 2.78. The number of hydrogen-bond donors (Lipinski definition) is 1. The van der Waals surface area contributed by atoms with Crippen LogP contribution in [0.2, 0.25) is 0 Å². The molecule has 1 aromatic carbocycles. The van der Waals surface area contributed by atoms with E-state index in [-0.39, 0.29) is 5.76 Å². The molecule has 0 bridgehead atoms. The quantitative estimate of drug-likeness (QED) is 0.932. The zero-order chi connectivity index (χ0) is 14.1. The first kappa shape index (κ1) is 13.1. The monoisotopic (exact) mass is 279 g/mol. The highest BCUT2D eigenvalue weighted by Gasteiger charge is 2.23. The minimum Gasteiger partial charge on any atom is -0.475 e. The third-order valence-corrected chi connectivity index (χ3v) is 3.43. The van der Waals surface area contributed by atoms with Crippen LogP contribution in [0.3, 0.4) is 0 Å². The number of nitrogens with zero attached hydrogens (tertiary/aromatic N) is 1. The molecule has 3 rings (SSSR count). The van der Waals surface area contributed by atoms with Crippen molar-refractivity contribution in [1.82, 2.24) is 4.90 Å². The van der Waals surface area contributed by atoms with E-state index in [1.165, 1.54) is 18.2 Å². The fourth-order valence-corrected chi connectivity index (χ4v) is 2.43. The topological polar surface area (TPSA) is 62.9 Å². The zero-order valence-corrected chi connectivity index (χ0v) is 10.8. The molecule has 1 N–H and O–H groups in total. The van der Waals surface area contributed by atoms with E-state index in [1.54, 1.807) is 0 Å². The number of hydrogen-bond acceptors (Lipinski definition) is 4. The summed E-state index contributed by atoms with van der Waals surface area (Å²) in [5.41, 5.74) is 0.918. The molecule has 2 aromatic rings.